The van der Waals surface area contributed by atoms with Crippen molar-refractivity contribution >= 4 is 17.9 Å². The average molecular weight is 892 g/mol. The number of esters is 3. The van der Waals surface area contributed by atoms with Crippen LogP contribution in [0.25, 0.3) is 0 Å². The van der Waals surface area contributed by atoms with Gasteiger partial charge in [-0.1, -0.05) is 285 Å². The van der Waals surface area contributed by atoms with Crippen LogP contribution in [-0.4, -0.2) is 37.2 Å². The van der Waals surface area contributed by atoms with E-state index >= 15 is 0 Å². The van der Waals surface area contributed by atoms with Gasteiger partial charge in [0.05, 0.1) is 0 Å². The number of unbranched alkanes of at least 4 members (excludes halogenated alkanes) is 39. The number of carbonyl (C=O) groups is 3. The minimum Gasteiger partial charge on any atom is -0.462 e. The molecule has 0 N–H and O–H groups in total. The van der Waals surface area contributed by atoms with Gasteiger partial charge in [0.2, 0.25) is 0 Å². The third-order valence-corrected chi connectivity index (χ3v) is 13.0. The van der Waals surface area contributed by atoms with Gasteiger partial charge < -0.3 is 14.2 Å². The molecule has 0 unspecified atom stereocenters. The van der Waals surface area contributed by atoms with Crippen LogP contribution in [0.2, 0.25) is 0 Å². The number of carbonyl (C=O) groups excluding carboxylic acids is 3. The Morgan fingerprint density at radius 2 is 0.524 bits per heavy atom. The zero-order chi connectivity index (χ0) is 45.9. The van der Waals surface area contributed by atoms with E-state index in [0.29, 0.717) is 19.3 Å². The van der Waals surface area contributed by atoms with Crippen LogP contribution in [0.15, 0.2) is 0 Å². The molecule has 6 nitrogen and oxygen atoms in total. The van der Waals surface area contributed by atoms with E-state index in [-0.39, 0.29) is 31.1 Å². The number of hydrogen-bond acceptors (Lipinski definition) is 6. The first-order valence-corrected chi connectivity index (χ1v) is 28.4. The van der Waals surface area contributed by atoms with Gasteiger partial charge in [-0.25, -0.2) is 0 Å². The summed E-state index contributed by atoms with van der Waals surface area (Å²) in [6, 6.07) is 0. The van der Waals surface area contributed by atoms with Crippen molar-refractivity contribution in [1.82, 2.24) is 0 Å². The van der Waals surface area contributed by atoms with E-state index in [1.165, 1.54) is 218 Å². The van der Waals surface area contributed by atoms with Crippen molar-refractivity contribution in [2.75, 3.05) is 13.2 Å². The Labute approximate surface area is 393 Å². The van der Waals surface area contributed by atoms with E-state index in [1.807, 2.05) is 0 Å². The summed E-state index contributed by atoms with van der Waals surface area (Å²) in [6.45, 7) is 9.06. The Balaban J connectivity index is 4.20. The first-order valence-electron chi connectivity index (χ1n) is 28.4. The Hall–Kier alpha value is -1.59. The highest BCUT2D eigenvalue weighted by Gasteiger charge is 2.19. The van der Waals surface area contributed by atoms with Gasteiger partial charge in [0.25, 0.3) is 0 Å². The molecular weight excluding hydrogens is 781 g/mol. The average Bonchev–Trinajstić information content (AvgIpc) is 3.27. The summed E-state index contributed by atoms with van der Waals surface area (Å²) in [5.74, 6) is 0.0212. The van der Waals surface area contributed by atoms with E-state index in [2.05, 4.69) is 27.7 Å². The van der Waals surface area contributed by atoms with Gasteiger partial charge in [0.1, 0.15) is 13.2 Å². The van der Waals surface area contributed by atoms with E-state index in [1.54, 1.807) is 0 Å². The van der Waals surface area contributed by atoms with Crippen LogP contribution in [0.3, 0.4) is 0 Å². The Bertz CT molecular complexity index is 949. The van der Waals surface area contributed by atoms with Crippen molar-refractivity contribution in [3.8, 4) is 0 Å². The number of ether oxygens (including phenoxy) is 3. The van der Waals surface area contributed by atoms with Crippen molar-refractivity contribution in [2.24, 2.45) is 5.92 Å². The summed E-state index contributed by atoms with van der Waals surface area (Å²) in [6.07, 6.45) is 55.2. The Morgan fingerprint density at radius 3 is 0.778 bits per heavy atom. The van der Waals surface area contributed by atoms with Gasteiger partial charge in [-0.2, -0.15) is 0 Å². The molecule has 0 aromatic carbocycles. The van der Waals surface area contributed by atoms with Crippen LogP contribution in [0.1, 0.15) is 323 Å². The largest absolute Gasteiger partial charge is 0.462 e. The maximum atomic E-state index is 12.8. The molecule has 0 aliphatic carbocycles. The van der Waals surface area contributed by atoms with Crippen LogP contribution < -0.4 is 0 Å². The van der Waals surface area contributed by atoms with E-state index < -0.39 is 6.10 Å². The molecule has 0 saturated carbocycles. The molecule has 63 heavy (non-hydrogen) atoms. The smallest absolute Gasteiger partial charge is 0.306 e. The molecule has 0 amide bonds. The van der Waals surface area contributed by atoms with Crippen LogP contribution >= 0.6 is 0 Å². The van der Waals surface area contributed by atoms with E-state index in [0.717, 1.165) is 63.7 Å². The van der Waals surface area contributed by atoms with Gasteiger partial charge in [0, 0.05) is 19.3 Å². The summed E-state index contributed by atoms with van der Waals surface area (Å²) in [5.41, 5.74) is 0. The van der Waals surface area contributed by atoms with Crippen LogP contribution in [0.5, 0.6) is 0 Å². The fourth-order valence-electron chi connectivity index (χ4n) is 8.75. The zero-order valence-electron chi connectivity index (χ0n) is 43.0. The van der Waals surface area contributed by atoms with E-state index in [4.69, 9.17) is 14.2 Å². The quantitative estimate of drug-likeness (QED) is 0.0344. The molecule has 0 saturated heterocycles. The highest BCUT2D eigenvalue weighted by molar-refractivity contribution is 5.71. The first-order chi connectivity index (χ1) is 30.9. The summed E-state index contributed by atoms with van der Waals surface area (Å²) < 4.78 is 16.8. The summed E-state index contributed by atoms with van der Waals surface area (Å²) in [5, 5.41) is 0. The van der Waals surface area contributed by atoms with Crippen molar-refractivity contribution in [3.05, 3.63) is 0 Å². The topological polar surface area (TPSA) is 78.9 Å². The highest BCUT2D eigenvalue weighted by atomic mass is 16.6. The molecule has 0 bridgehead atoms. The third-order valence-electron chi connectivity index (χ3n) is 13.0. The molecule has 0 aliphatic heterocycles. The van der Waals surface area contributed by atoms with Crippen LogP contribution in [0.4, 0.5) is 0 Å². The SMILES string of the molecule is CCCCCCCCCCCCCCC(=O)OC[C@H](COC(=O)CCCCCCCCCCCCCCCCCCCCC(C)C)OC(=O)CCCCCCCCCCCCCC. The molecule has 0 aromatic heterocycles. The minimum absolute atomic E-state index is 0.0619. The molecule has 6 heteroatoms. The Morgan fingerprint density at radius 1 is 0.302 bits per heavy atom. The molecule has 1 atom stereocenters. The molecule has 0 rings (SSSR count). The lowest BCUT2D eigenvalue weighted by Crippen LogP contribution is -2.30. The molecule has 0 heterocycles. The zero-order valence-corrected chi connectivity index (χ0v) is 43.0. The fraction of sp³-hybridized carbons (Fsp3) is 0.947. The maximum absolute atomic E-state index is 12.8. The second-order valence-electron chi connectivity index (χ2n) is 20.1. The first kappa shape index (κ1) is 61.4. The molecule has 0 radical (unpaired) electrons. The number of rotatable bonds is 52. The standard InChI is InChI=1S/C57H110O6/c1-5-7-9-11-13-15-17-28-32-36-40-44-48-55(58)61-51-54(63-57(60)50-46-42-38-34-29-18-16-14-12-10-8-6-2)52-62-56(59)49-45-41-37-33-30-26-24-22-20-19-21-23-25-27-31-35-39-43-47-53(3)4/h53-54H,5-52H2,1-4H3/t54-/m1/s1. The van der Waals surface area contributed by atoms with Gasteiger partial charge >= 0.3 is 17.9 Å². The molecule has 0 aliphatic rings. The molecule has 0 spiro atoms. The van der Waals surface area contributed by atoms with Crippen molar-refractivity contribution in [3.63, 3.8) is 0 Å². The van der Waals surface area contributed by atoms with E-state index in [9.17, 15) is 14.4 Å². The molecular formula is C57H110O6. The van der Waals surface area contributed by atoms with Gasteiger partial charge in [0.15, 0.2) is 6.10 Å². The second-order valence-corrected chi connectivity index (χ2v) is 20.1. The monoisotopic (exact) mass is 891 g/mol. The van der Waals surface area contributed by atoms with Crippen molar-refractivity contribution in [1.29, 1.82) is 0 Å². The van der Waals surface area contributed by atoms with Gasteiger partial charge in [-0.15, -0.1) is 0 Å². The molecule has 0 fully saturated rings. The molecule has 374 valence electrons. The highest BCUT2D eigenvalue weighted by Crippen LogP contribution is 2.18. The predicted molar refractivity (Wildman–Crippen MR) is 270 cm³/mol. The fourth-order valence-corrected chi connectivity index (χ4v) is 8.75. The van der Waals surface area contributed by atoms with Crippen molar-refractivity contribution in [2.45, 2.75) is 329 Å². The van der Waals surface area contributed by atoms with Gasteiger partial charge in [-0.3, -0.25) is 14.4 Å². The van der Waals surface area contributed by atoms with Gasteiger partial charge in [-0.05, 0) is 25.2 Å². The lowest BCUT2D eigenvalue weighted by molar-refractivity contribution is -0.167. The second kappa shape index (κ2) is 51.4. The summed E-state index contributed by atoms with van der Waals surface area (Å²) in [4.78, 5) is 38.0. The minimum atomic E-state index is -0.760. The lowest BCUT2D eigenvalue weighted by atomic mass is 10.0. The van der Waals surface area contributed by atoms with Crippen LogP contribution in [-0.2, 0) is 28.6 Å². The maximum Gasteiger partial charge on any atom is 0.306 e. The van der Waals surface area contributed by atoms with Crippen LogP contribution in [0, 0.1) is 5.92 Å². The summed E-state index contributed by atoms with van der Waals surface area (Å²) >= 11 is 0. The third kappa shape index (κ3) is 51.3. The normalized spacial score (nSPS) is 12.0. The van der Waals surface area contributed by atoms with Crippen molar-refractivity contribution < 1.29 is 28.6 Å². The number of hydrogen-bond donors (Lipinski definition) is 0. The Kier molecular flexibility index (Phi) is 50.1. The predicted octanol–water partition coefficient (Wildman–Crippen LogP) is 18.6. The lowest BCUT2D eigenvalue weighted by Gasteiger charge is -2.18. The summed E-state index contributed by atoms with van der Waals surface area (Å²) in [7, 11) is 0. The molecule has 0 aromatic rings.